The van der Waals surface area contributed by atoms with Crippen LogP contribution in [-0.2, 0) is 13.1 Å². The number of nitrogens with zero attached hydrogens (tertiary/aromatic N) is 4. The maximum absolute atomic E-state index is 4.15. The summed E-state index contributed by atoms with van der Waals surface area (Å²) >= 11 is 0. The molecule has 0 atom stereocenters. The monoisotopic (exact) mass is 212 g/mol. The quantitative estimate of drug-likeness (QED) is 0.731. The van der Waals surface area contributed by atoms with E-state index in [2.05, 4.69) is 20.2 Å². The van der Waals surface area contributed by atoms with Crippen molar-refractivity contribution in [3.8, 4) is 0 Å². The van der Waals surface area contributed by atoms with E-state index in [0.717, 1.165) is 11.4 Å². The van der Waals surface area contributed by atoms with Crippen molar-refractivity contribution in [3.63, 3.8) is 0 Å². The second-order valence-electron chi connectivity index (χ2n) is 3.24. The predicted octanol–water partition coefficient (Wildman–Crippen LogP) is 2.63. The van der Waals surface area contributed by atoms with Crippen LogP contribution in [0.3, 0.4) is 0 Å². The van der Waals surface area contributed by atoms with E-state index in [9.17, 15) is 0 Å². The summed E-state index contributed by atoms with van der Waals surface area (Å²) in [5.74, 6) is 0. The first-order valence-corrected chi connectivity index (χ1v) is 5.08. The van der Waals surface area contributed by atoms with Gasteiger partial charge in [-0.2, -0.15) is 10.2 Å². The summed E-state index contributed by atoms with van der Waals surface area (Å²) in [6, 6.07) is 11.5. The minimum absolute atomic E-state index is 0.522. The Morgan fingerprint density at radius 1 is 0.750 bits per heavy atom. The van der Waals surface area contributed by atoms with Gasteiger partial charge in [0.2, 0.25) is 0 Å². The lowest BCUT2D eigenvalue weighted by molar-refractivity contribution is 0.817. The lowest BCUT2D eigenvalue weighted by atomic mass is 10.3. The Hall–Kier alpha value is -2.10. The zero-order chi connectivity index (χ0) is 11.1. The molecule has 0 saturated heterocycles. The Bertz CT molecular complexity index is 396. The van der Waals surface area contributed by atoms with Gasteiger partial charge in [0, 0.05) is 12.4 Å². The Morgan fingerprint density at radius 3 is 1.62 bits per heavy atom. The Labute approximate surface area is 94.1 Å². The molecular formula is C12H12N4. The number of hydrogen-bond donors (Lipinski definition) is 0. The van der Waals surface area contributed by atoms with Crippen LogP contribution >= 0.6 is 0 Å². The van der Waals surface area contributed by atoms with Gasteiger partial charge in [-0.25, -0.2) is 0 Å². The second-order valence-corrected chi connectivity index (χ2v) is 3.24. The highest BCUT2D eigenvalue weighted by atomic mass is 15.1. The van der Waals surface area contributed by atoms with Crippen LogP contribution in [0.2, 0.25) is 0 Å². The largest absolute Gasteiger partial charge is 0.259 e. The molecule has 16 heavy (non-hydrogen) atoms. The molecule has 2 heterocycles. The molecule has 0 bridgehead atoms. The first kappa shape index (κ1) is 10.4. The molecule has 0 fully saturated rings. The second kappa shape index (κ2) is 5.70. The van der Waals surface area contributed by atoms with Gasteiger partial charge < -0.3 is 0 Å². The van der Waals surface area contributed by atoms with Crippen LogP contribution in [0, 0.1) is 0 Å². The molecule has 0 unspecified atom stereocenters. The van der Waals surface area contributed by atoms with Crippen molar-refractivity contribution in [1.29, 1.82) is 0 Å². The third-order valence-electron chi connectivity index (χ3n) is 2.02. The van der Waals surface area contributed by atoms with Gasteiger partial charge in [-0.05, 0) is 24.3 Å². The molecule has 0 aliphatic carbocycles. The predicted molar refractivity (Wildman–Crippen MR) is 60.7 cm³/mol. The summed E-state index contributed by atoms with van der Waals surface area (Å²) in [6.07, 6.45) is 3.51. The van der Waals surface area contributed by atoms with Crippen molar-refractivity contribution in [2.45, 2.75) is 13.1 Å². The third kappa shape index (κ3) is 3.24. The van der Waals surface area contributed by atoms with Gasteiger partial charge in [0.1, 0.15) is 13.1 Å². The maximum Gasteiger partial charge on any atom is 0.102 e. The lowest BCUT2D eigenvalue weighted by Gasteiger charge is -1.94. The van der Waals surface area contributed by atoms with E-state index in [4.69, 9.17) is 0 Å². The lowest BCUT2D eigenvalue weighted by Crippen LogP contribution is -1.86. The highest BCUT2D eigenvalue weighted by molar-refractivity contribution is 5.04. The van der Waals surface area contributed by atoms with Gasteiger partial charge >= 0.3 is 0 Å². The van der Waals surface area contributed by atoms with Gasteiger partial charge in [0.15, 0.2) is 0 Å². The van der Waals surface area contributed by atoms with Crippen molar-refractivity contribution in [2.24, 2.45) is 10.2 Å². The van der Waals surface area contributed by atoms with Crippen LogP contribution in [0.1, 0.15) is 11.4 Å². The summed E-state index contributed by atoms with van der Waals surface area (Å²) in [5.41, 5.74) is 1.85. The molecule has 0 saturated carbocycles. The minimum Gasteiger partial charge on any atom is -0.259 e. The van der Waals surface area contributed by atoms with Crippen LogP contribution in [0.15, 0.2) is 59.0 Å². The fraction of sp³-hybridized carbons (Fsp3) is 0.167. The standard InChI is InChI=1S/C12H12N4/c1-3-7-13-11(5-1)9-15-16-10-12-6-2-4-8-14-12/h1-8H,9-10H2. The molecule has 0 spiro atoms. The highest BCUT2D eigenvalue weighted by Crippen LogP contribution is 1.99. The van der Waals surface area contributed by atoms with Gasteiger partial charge in [0.25, 0.3) is 0 Å². The van der Waals surface area contributed by atoms with E-state index < -0.39 is 0 Å². The van der Waals surface area contributed by atoms with Crippen LogP contribution in [-0.4, -0.2) is 9.97 Å². The molecular weight excluding hydrogens is 200 g/mol. The zero-order valence-electron chi connectivity index (χ0n) is 8.82. The van der Waals surface area contributed by atoms with Crippen LogP contribution < -0.4 is 0 Å². The summed E-state index contributed by atoms with van der Waals surface area (Å²) in [7, 11) is 0. The summed E-state index contributed by atoms with van der Waals surface area (Å²) < 4.78 is 0. The number of rotatable bonds is 4. The van der Waals surface area contributed by atoms with Gasteiger partial charge in [-0.15, -0.1) is 0 Å². The molecule has 0 aliphatic heterocycles. The fourth-order valence-electron chi connectivity index (χ4n) is 1.23. The molecule has 0 amide bonds. The van der Waals surface area contributed by atoms with E-state index >= 15 is 0 Å². The molecule has 2 rings (SSSR count). The normalized spacial score (nSPS) is 10.8. The van der Waals surface area contributed by atoms with Crippen molar-refractivity contribution < 1.29 is 0 Å². The molecule has 0 aliphatic rings. The number of hydrogen-bond acceptors (Lipinski definition) is 4. The van der Waals surface area contributed by atoms with Crippen molar-refractivity contribution in [1.82, 2.24) is 9.97 Å². The van der Waals surface area contributed by atoms with Crippen LogP contribution in [0.4, 0.5) is 0 Å². The highest BCUT2D eigenvalue weighted by Gasteiger charge is 1.91. The number of aromatic nitrogens is 2. The molecule has 0 radical (unpaired) electrons. The Morgan fingerprint density at radius 2 is 1.25 bits per heavy atom. The summed E-state index contributed by atoms with van der Waals surface area (Å²) in [6.45, 7) is 1.04. The number of pyridine rings is 2. The van der Waals surface area contributed by atoms with E-state index in [-0.39, 0.29) is 0 Å². The number of azo groups is 1. The average molecular weight is 212 g/mol. The van der Waals surface area contributed by atoms with E-state index in [1.165, 1.54) is 0 Å². The SMILES string of the molecule is c1ccc(CN=NCc2ccccn2)nc1. The topological polar surface area (TPSA) is 50.5 Å². The van der Waals surface area contributed by atoms with E-state index in [0.29, 0.717) is 13.1 Å². The van der Waals surface area contributed by atoms with Gasteiger partial charge in [0.05, 0.1) is 11.4 Å². The smallest absolute Gasteiger partial charge is 0.102 e. The molecule has 0 aromatic carbocycles. The van der Waals surface area contributed by atoms with Crippen LogP contribution in [0.5, 0.6) is 0 Å². The molecule has 4 nitrogen and oxygen atoms in total. The van der Waals surface area contributed by atoms with Gasteiger partial charge in [-0.3, -0.25) is 9.97 Å². The molecule has 0 N–H and O–H groups in total. The van der Waals surface area contributed by atoms with E-state index in [1.54, 1.807) is 12.4 Å². The third-order valence-corrected chi connectivity index (χ3v) is 2.02. The Kier molecular flexibility index (Phi) is 3.71. The molecule has 80 valence electrons. The fourth-order valence-corrected chi connectivity index (χ4v) is 1.23. The average Bonchev–Trinajstić information content (AvgIpc) is 2.37. The first-order valence-electron chi connectivity index (χ1n) is 5.08. The molecule has 2 aromatic heterocycles. The first-order chi connectivity index (χ1) is 7.95. The van der Waals surface area contributed by atoms with Gasteiger partial charge in [-0.1, -0.05) is 12.1 Å². The molecule has 4 heteroatoms. The van der Waals surface area contributed by atoms with Crippen LogP contribution in [0.25, 0.3) is 0 Å². The maximum atomic E-state index is 4.15. The Balaban J connectivity index is 1.83. The van der Waals surface area contributed by atoms with Crippen molar-refractivity contribution in [2.75, 3.05) is 0 Å². The minimum atomic E-state index is 0.522. The van der Waals surface area contributed by atoms with E-state index in [1.807, 2.05) is 36.4 Å². The zero-order valence-corrected chi connectivity index (χ0v) is 8.82. The van der Waals surface area contributed by atoms with Crippen molar-refractivity contribution in [3.05, 3.63) is 60.2 Å². The molecule has 2 aromatic rings. The van der Waals surface area contributed by atoms with Crippen molar-refractivity contribution >= 4 is 0 Å². The summed E-state index contributed by atoms with van der Waals surface area (Å²) in [5, 5.41) is 8.12. The summed E-state index contributed by atoms with van der Waals surface area (Å²) in [4.78, 5) is 8.31.